The maximum absolute atomic E-state index is 12.2. The number of rotatable bonds is 3. The topological polar surface area (TPSA) is 59.7 Å². The van der Waals surface area contributed by atoms with Crippen LogP contribution in [0.2, 0.25) is 5.02 Å². The first-order valence-corrected chi connectivity index (χ1v) is 8.08. The summed E-state index contributed by atoms with van der Waals surface area (Å²) in [5.41, 5.74) is 0.554. The van der Waals surface area contributed by atoms with Gasteiger partial charge in [-0.05, 0) is 12.1 Å². The fourth-order valence-corrected chi connectivity index (χ4v) is 3.04. The van der Waals surface area contributed by atoms with Gasteiger partial charge in [0.25, 0.3) is 5.56 Å². The third-order valence-electron chi connectivity index (χ3n) is 4.06. The monoisotopic (exact) mass is 342 g/mol. The summed E-state index contributed by atoms with van der Waals surface area (Å²) in [6, 6.07) is 8.83. The molecule has 1 fully saturated rings. The zero-order valence-electron chi connectivity index (χ0n) is 12.8. The van der Waals surface area contributed by atoms with Gasteiger partial charge in [0.15, 0.2) is 0 Å². The summed E-state index contributed by atoms with van der Waals surface area (Å²) in [6.07, 6.45) is 5.78. The van der Waals surface area contributed by atoms with Gasteiger partial charge in [-0.1, -0.05) is 17.7 Å². The van der Waals surface area contributed by atoms with Crippen molar-refractivity contribution >= 4 is 23.1 Å². The van der Waals surface area contributed by atoms with Crippen molar-refractivity contribution < 1.29 is 4.74 Å². The number of fused-ring (bicyclic) bond motifs is 1. The number of nitrogens with zero attached hydrogens (tertiary/aromatic N) is 4. The molecule has 4 rings (SSSR count). The largest absolute Gasteiger partial charge is 0.487 e. The number of pyridine rings is 2. The maximum Gasteiger partial charge on any atom is 0.259 e. The molecule has 0 radical (unpaired) electrons. The van der Waals surface area contributed by atoms with Gasteiger partial charge >= 0.3 is 0 Å². The Balaban J connectivity index is 1.55. The number of hydrogen-bond donors (Lipinski definition) is 0. The van der Waals surface area contributed by atoms with Crippen LogP contribution >= 0.6 is 11.6 Å². The lowest BCUT2D eigenvalue weighted by molar-refractivity contribution is 0.225. The van der Waals surface area contributed by atoms with Crippen LogP contribution in [0.1, 0.15) is 6.42 Å². The molecule has 0 saturated carbocycles. The molecule has 3 aromatic rings. The van der Waals surface area contributed by atoms with E-state index in [1.807, 2.05) is 18.2 Å². The molecule has 1 atom stereocenters. The normalized spacial score (nSPS) is 17.4. The SMILES string of the molecule is O=c1cc(N2CCC(Oc3ccncc3Cl)C2)nc2ccccn12. The Bertz CT molecular complexity index is 943. The van der Waals surface area contributed by atoms with Gasteiger partial charge in [0, 0.05) is 43.7 Å². The molecule has 0 N–H and O–H groups in total. The van der Waals surface area contributed by atoms with Crippen LogP contribution in [0.5, 0.6) is 5.75 Å². The van der Waals surface area contributed by atoms with E-state index in [0.717, 1.165) is 13.0 Å². The average molecular weight is 343 g/mol. The van der Waals surface area contributed by atoms with Crippen LogP contribution in [0.15, 0.2) is 53.7 Å². The number of hydrogen-bond acceptors (Lipinski definition) is 5. The van der Waals surface area contributed by atoms with Crippen molar-refractivity contribution in [1.82, 2.24) is 14.4 Å². The molecule has 0 amide bonds. The van der Waals surface area contributed by atoms with Gasteiger partial charge in [0.05, 0.1) is 6.54 Å². The first-order chi connectivity index (χ1) is 11.7. The Morgan fingerprint density at radius 1 is 1.29 bits per heavy atom. The Kier molecular flexibility index (Phi) is 3.82. The molecule has 122 valence electrons. The zero-order valence-corrected chi connectivity index (χ0v) is 13.6. The third kappa shape index (κ3) is 2.80. The Morgan fingerprint density at radius 3 is 3.08 bits per heavy atom. The van der Waals surface area contributed by atoms with Crippen LogP contribution < -0.4 is 15.2 Å². The van der Waals surface area contributed by atoms with Gasteiger partial charge in [-0.3, -0.25) is 14.2 Å². The van der Waals surface area contributed by atoms with Gasteiger partial charge in [-0.15, -0.1) is 0 Å². The molecule has 1 aliphatic heterocycles. The minimum Gasteiger partial charge on any atom is -0.487 e. The van der Waals surface area contributed by atoms with E-state index in [1.165, 1.54) is 4.40 Å². The second kappa shape index (κ2) is 6.13. The van der Waals surface area contributed by atoms with Crippen LogP contribution in [0.3, 0.4) is 0 Å². The quantitative estimate of drug-likeness (QED) is 0.731. The van der Waals surface area contributed by atoms with Gasteiger partial charge in [-0.2, -0.15) is 0 Å². The van der Waals surface area contributed by atoms with Crippen molar-refractivity contribution in [2.45, 2.75) is 12.5 Å². The van der Waals surface area contributed by atoms with Crippen molar-refractivity contribution in [3.05, 3.63) is 64.3 Å². The standard InChI is InChI=1S/C17H15ClN4O2/c18-13-10-19-6-4-14(13)24-12-5-8-21(11-12)16-9-17(23)22-7-2-1-3-15(22)20-16/h1-4,6-7,9-10,12H,5,8,11H2. The third-order valence-corrected chi connectivity index (χ3v) is 4.34. The van der Waals surface area contributed by atoms with Gasteiger partial charge in [0.1, 0.15) is 28.3 Å². The Morgan fingerprint density at radius 2 is 2.21 bits per heavy atom. The fraction of sp³-hybridized carbons (Fsp3) is 0.235. The number of ether oxygens (including phenoxy) is 1. The second-order valence-corrected chi connectivity index (χ2v) is 6.07. The molecule has 0 bridgehead atoms. The molecular weight excluding hydrogens is 328 g/mol. The first kappa shape index (κ1) is 15.0. The van der Waals surface area contributed by atoms with Crippen molar-refractivity contribution in [2.75, 3.05) is 18.0 Å². The molecule has 1 aliphatic rings. The van der Waals surface area contributed by atoms with E-state index in [2.05, 4.69) is 14.9 Å². The molecule has 0 spiro atoms. The van der Waals surface area contributed by atoms with Crippen LogP contribution in [0, 0.1) is 0 Å². The minimum atomic E-state index is -0.0860. The number of halogens is 1. The molecule has 1 saturated heterocycles. The zero-order chi connectivity index (χ0) is 16.5. The molecule has 24 heavy (non-hydrogen) atoms. The van der Waals surface area contributed by atoms with E-state index in [9.17, 15) is 4.79 Å². The molecule has 0 aliphatic carbocycles. The molecule has 0 aromatic carbocycles. The van der Waals surface area contributed by atoms with E-state index in [0.29, 0.717) is 28.8 Å². The van der Waals surface area contributed by atoms with Crippen LogP contribution in [0.4, 0.5) is 5.82 Å². The van der Waals surface area contributed by atoms with Gasteiger partial charge in [0.2, 0.25) is 0 Å². The maximum atomic E-state index is 12.2. The van der Waals surface area contributed by atoms with E-state index >= 15 is 0 Å². The van der Waals surface area contributed by atoms with Crippen LogP contribution in [-0.4, -0.2) is 33.6 Å². The Labute approximate surface area is 143 Å². The summed E-state index contributed by atoms with van der Waals surface area (Å²) in [6.45, 7) is 1.44. The lowest BCUT2D eigenvalue weighted by Gasteiger charge is -2.18. The van der Waals surface area contributed by atoms with Crippen molar-refractivity contribution in [3.63, 3.8) is 0 Å². The van der Waals surface area contributed by atoms with Gasteiger partial charge < -0.3 is 9.64 Å². The number of anilines is 1. The predicted molar refractivity (Wildman–Crippen MR) is 92.0 cm³/mol. The van der Waals surface area contributed by atoms with Crippen LogP contribution in [0.25, 0.3) is 5.65 Å². The predicted octanol–water partition coefficient (Wildman–Crippen LogP) is 2.40. The first-order valence-electron chi connectivity index (χ1n) is 7.70. The smallest absolute Gasteiger partial charge is 0.259 e. The fourth-order valence-electron chi connectivity index (χ4n) is 2.87. The second-order valence-electron chi connectivity index (χ2n) is 5.66. The molecular formula is C17H15ClN4O2. The summed E-state index contributed by atoms with van der Waals surface area (Å²) < 4.78 is 7.48. The highest BCUT2D eigenvalue weighted by Gasteiger charge is 2.26. The lowest BCUT2D eigenvalue weighted by atomic mass is 10.3. The van der Waals surface area contributed by atoms with E-state index < -0.39 is 0 Å². The molecule has 3 aromatic heterocycles. The van der Waals surface area contributed by atoms with E-state index in [-0.39, 0.29) is 11.7 Å². The van der Waals surface area contributed by atoms with E-state index in [4.69, 9.17) is 16.3 Å². The van der Waals surface area contributed by atoms with Crippen molar-refractivity contribution in [1.29, 1.82) is 0 Å². The highest BCUT2D eigenvalue weighted by atomic mass is 35.5. The summed E-state index contributed by atoms with van der Waals surface area (Å²) in [5.74, 6) is 1.31. The van der Waals surface area contributed by atoms with Crippen LogP contribution in [-0.2, 0) is 0 Å². The van der Waals surface area contributed by atoms with Gasteiger partial charge in [-0.25, -0.2) is 4.98 Å². The van der Waals surface area contributed by atoms with Crippen molar-refractivity contribution in [3.8, 4) is 5.75 Å². The molecule has 4 heterocycles. The molecule has 1 unspecified atom stereocenters. The van der Waals surface area contributed by atoms with E-state index in [1.54, 1.807) is 30.7 Å². The summed E-state index contributed by atoms with van der Waals surface area (Å²) >= 11 is 6.08. The molecule has 6 nitrogen and oxygen atoms in total. The Hall–Kier alpha value is -2.60. The highest BCUT2D eigenvalue weighted by Crippen LogP contribution is 2.26. The number of aromatic nitrogens is 3. The lowest BCUT2D eigenvalue weighted by Crippen LogP contribution is -2.27. The summed E-state index contributed by atoms with van der Waals surface area (Å²) in [4.78, 5) is 22.8. The summed E-state index contributed by atoms with van der Waals surface area (Å²) in [5, 5.41) is 0.498. The van der Waals surface area contributed by atoms with Crippen molar-refractivity contribution in [2.24, 2.45) is 0 Å². The molecule has 7 heteroatoms. The average Bonchev–Trinajstić information content (AvgIpc) is 3.06. The highest BCUT2D eigenvalue weighted by molar-refractivity contribution is 6.31. The minimum absolute atomic E-state index is 0.000857. The summed E-state index contributed by atoms with van der Waals surface area (Å²) in [7, 11) is 0.